The maximum atomic E-state index is 11.9. The summed E-state index contributed by atoms with van der Waals surface area (Å²) in [5.41, 5.74) is 1.52. The fraction of sp³-hybridized carbons (Fsp3) is 0.533. The van der Waals surface area contributed by atoms with Crippen LogP contribution in [0.3, 0.4) is 0 Å². The van der Waals surface area contributed by atoms with E-state index in [1.165, 1.54) is 0 Å². The Morgan fingerprint density at radius 3 is 2.80 bits per heavy atom. The molecule has 1 aliphatic carbocycles. The number of amides is 1. The largest absolute Gasteiger partial charge is 0.496 e. The summed E-state index contributed by atoms with van der Waals surface area (Å²) >= 11 is 0. The second-order valence-electron chi connectivity index (χ2n) is 5.27. The monoisotopic (exact) mass is 278 g/mol. The lowest BCUT2D eigenvalue weighted by molar-refractivity contribution is -0.119. The highest BCUT2D eigenvalue weighted by Gasteiger charge is 2.24. The van der Waals surface area contributed by atoms with Crippen molar-refractivity contribution in [3.05, 3.63) is 23.8 Å². The second kappa shape index (κ2) is 6.13. The van der Waals surface area contributed by atoms with E-state index in [0.717, 1.165) is 18.5 Å². The van der Waals surface area contributed by atoms with Crippen LogP contribution in [0.5, 0.6) is 5.75 Å². The molecule has 1 aromatic rings. The van der Waals surface area contributed by atoms with Crippen LogP contribution in [-0.2, 0) is 4.79 Å². The number of benzene rings is 1. The molecule has 0 heterocycles. The molecule has 2 N–H and O–H groups in total. The van der Waals surface area contributed by atoms with Crippen LogP contribution in [-0.4, -0.2) is 37.8 Å². The van der Waals surface area contributed by atoms with E-state index in [-0.39, 0.29) is 12.5 Å². The number of anilines is 1. The summed E-state index contributed by atoms with van der Waals surface area (Å²) < 4.78 is 5.29. The lowest BCUT2D eigenvalue weighted by Gasteiger charge is -2.24. The molecule has 20 heavy (non-hydrogen) atoms. The molecule has 0 aromatic heterocycles. The quantitative estimate of drug-likeness (QED) is 0.827. The highest BCUT2D eigenvalue weighted by molar-refractivity contribution is 5.82. The van der Waals surface area contributed by atoms with Crippen molar-refractivity contribution in [3.63, 3.8) is 0 Å². The van der Waals surface area contributed by atoms with Gasteiger partial charge in [-0.05, 0) is 31.9 Å². The maximum Gasteiger partial charge on any atom is 0.239 e. The van der Waals surface area contributed by atoms with E-state index >= 15 is 0 Å². The van der Waals surface area contributed by atoms with Gasteiger partial charge < -0.3 is 20.1 Å². The van der Waals surface area contributed by atoms with Gasteiger partial charge in [-0.2, -0.15) is 0 Å². The number of likely N-dealkylation sites (N-methyl/N-ethyl adjacent to an activating group) is 1. The first-order valence-electron chi connectivity index (χ1n) is 6.88. The first kappa shape index (κ1) is 14.7. The van der Waals surface area contributed by atoms with Crippen molar-refractivity contribution in [1.29, 1.82) is 0 Å². The Morgan fingerprint density at radius 1 is 1.55 bits per heavy atom. The van der Waals surface area contributed by atoms with E-state index in [9.17, 15) is 9.90 Å². The van der Waals surface area contributed by atoms with Gasteiger partial charge in [-0.1, -0.05) is 6.07 Å². The minimum atomic E-state index is -0.657. The third-order valence-electron chi connectivity index (χ3n) is 3.42. The number of rotatable bonds is 6. The van der Waals surface area contributed by atoms with Gasteiger partial charge in [-0.3, -0.25) is 4.79 Å². The molecular weight excluding hydrogens is 256 g/mol. The number of methoxy groups -OCH3 is 1. The topological polar surface area (TPSA) is 61.8 Å². The van der Waals surface area contributed by atoms with Crippen LogP contribution in [0.15, 0.2) is 18.2 Å². The molecule has 1 atom stereocenters. The van der Waals surface area contributed by atoms with Gasteiger partial charge in [-0.25, -0.2) is 0 Å². The number of nitrogens with zero attached hydrogens (tertiary/aromatic N) is 1. The van der Waals surface area contributed by atoms with Crippen LogP contribution in [0.2, 0.25) is 0 Å². The first-order valence-corrected chi connectivity index (χ1v) is 6.88. The smallest absolute Gasteiger partial charge is 0.239 e. The van der Waals surface area contributed by atoms with Crippen molar-refractivity contribution < 1.29 is 14.6 Å². The molecule has 5 heteroatoms. The molecule has 1 saturated carbocycles. The molecule has 0 bridgehead atoms. The summed E-state index contributed by atoms with van der Waals surface area (Å²) in [6, 6.07) is 5.91. The molecule has 1 amide bonds. The van der Waals surface area contributed by atoms with Crippen LogP contribution in [0.4, 0.5) is 5.69 Å². The summed E-state index contributed by atoms with van der Waals surface area (Å²) in [5.74, 6) is 0.640. The van der Waals surface area contributed by atoms with Gasteiger partial charge in [0.25, 0.3) is 0 Å². The average Bonchev–Trinajstić information content (AvgIpc) is 3.21. The number of hydrogen-bond acceptors (Lipinski definition) is 4. The van der Waals surface area contributed by atoms with E-state index in [4.69, 9.17) is 4.74 Å². The Bertz CT molecular complexity index is 484. The standard InChI is InChI=1S/C15H22N2O3/c1-10(18)15-12(5-4-6-13(15)20-3)17(2)9-14(19)16-11-7-8-11/h4-6,10-11,18H,7-9H2,1-3H3,(H,16,19). The molecule has 0 radical (unpaired) electrons. The third kappa shape index (κ3) is 3.42. The summed E-state index contributed by atoms with van der Waals surface area (Å²) in [7, 11) is 3.41. The van der Waals surface area contributed by atoms with Gasteiger partial charge in [0.15, 0.2) is 0 Å². The van der Waals surface area contributed by atoms with Crippen molar-refractivity contribution in [2.75, 3.05) is 25.6 Å². The van der Waals surface area contributed by atoms with Crippen molar-refractivity contribution in [2.45, 2.75) is 31.9 Å². The van der Waals surface area contributed by atoms with Crippen molar-refractivity contribution in [2.24, 2.45) is 0 Å². The van der Waals surface area contributed by atoms with Gasteiger partial charge in [0.2, 0.25) is 5.91 Å². The predicted octanol–water partition coefficient (Wildman–Crippen LogP) is 1.46. The van der Waals surface area contributed by atoms with Gasteiger partial charge in [-0.15, -0.1) is 0 Å². The van der Waals surface area contributed by atoms with E-state index in [2.05, 4.69) is 5.32 Å². The van der Waals surface area contributed by atoms with Gasteiger partial charge in [0.1, 0.15) is 5.75 Å². The number of aliphatic hydroxyl groups is 1. The summed E-state index contributed by atoms with van der Waals surface area (Å²) in [4.78, 5) is 13.7. The van der Waals surface area contributed by atoms with E-state index in [0.29, 0.717) is 17.4 Å². The molecule has 0 saturated heterocycles. The summed E-state index contributed by atoms with van der Waals surface area (Å²) in [5, 5.41) is 12.9. The van der Waals surface area contributed by atoms with Crippen LogP contribution < -0.4 is 15.0 Å². The van der Waals surface area contributed by atoms with E-state index < -0.39 is 6.10 Å². The lowest BCUT2D eigenvalue weighted by atomic mass is 10.1. The van der Waals surface area contributed by atoms with E-state index in [1.54, 1.807) is 14.0 Å². The number of hydrogen-bond donors (Lipinski definition) is 2. The Hall–Kier alpha value is -1.75. The van der Waals surface area contributed by atoms with Gasteiger partial charge in [0.05, 0.1) is 19.8 Å². The SMILES string of the molecule is COc1cccc(N(C)CC(=O)NC2CC2)c1C(C)O. The van der Waals surface area contributed by atoms with Crippen LogP contribution in [0, 0.1) is 0 Å². The number of aliphatic hydroxyl groups excluding tert-OH is 1. The van der Waals surface area contributed by atoms with Crippen LogP contribution in [0.25, 0.3) is 0 Å². The van der Waals surface area contributed by atoms with Crippen molar-refractivity contribution >= 4 is 11.6 Å². The van der Waals surface area contributed by atoms with Crippen LogP contribution >= 0.6 is 0 Å². The van der Waals surface area contributed by atoms with Crippen molar-refractivity contribution in [3.8, 4) is 5.75 Å². The molecule has 1 aliphatic rings. The summed E-state index contributed by atoms with van der Waals surface area (Å²) in [6.45, 7) is 1.96. The number of carbonyl (C=O) groups is 1. The van der Waals surface area contributed by atoms with Gasteiger partial charge >= 0.3 is 0 Å². The van der Waals surface area contributed by atoms with E-state index in [1.807, 2.05) is 30.1 Å². The highest BCUT2D eigenvalue weighted by Crippen LogP contribution is 2.34. The maximum absolute atomic E-state index is 11.9. The molecule has 1 unspecified atom stereocenters. The number of nitrogens with one attached hydrogen (secondary N) is 1. The molecule has 1 aromatic carbocycles. The molecule has 110 valence electrons. The zero-order chi connectivity index (χ0) is 14.7. The number of carbonyl (C=O) groups excluding carboxylic acids is 1. The second-order valence-corrected chi connectivity index (χ2v) is 5.27. The molecule has 0 spiro atoms. The molecular formula is C15H22N2O3. The summed E-state index contributed by atoms with van der Waals surface area (Å²) in [6.07, 6.45) is 1.50. The Morgan fingerprint density at radius 2 is 2.25 bits per heavy atom. The normalized spacial score (nSPS) is 15.6. The first-order chi connectivity index (χ1) is 9.52. The third-order valence-corrected chi connectivity index (χ3v) is 3.42. The predicted molar refractivity (Wildman–Crippen MR) is 78.1 cm³/mol. The fourth-order valence-corrected chi connectivity index (χ4v) is 2.26. The minimum Gasteiger partial charge on any atom is -0.496 e. The molecule has 1 fully saturated rings. The minimum absolute atomic E-state index is 0.00867. The highest BCUT2D eigenvalue weighted by atomic mass is 16.5. The zero-order valence-electron chi connectivity index (χ0n) is 12.2. The molecule has 5 nitrogen and oxygen atoms in total. The number of ether oxygens (including phenoxy) is 1. The van der Waals surface area contributed by atoms with Crippen molar-refractivity contribution in [1.82, 2.24) is 5.32 Å². The Kier molecular flexibility index (Phi) is 4.49. The van der Waals surface area contributed by atoms with Crippen LogP contribution in [0.1, 0.15) is 31.4 Å². The van der Waals surface area contributed by atoms with Gasteiger partial charge in [0, 0.05) is 24.3 Å². The lowest BCUT2D eigenvalue weighted by Crippen LogP contribution is -2.36. The Labute approximate surface area is 119 Å². The Balaban J connectivity index is 2.15. The average molecular weight is 278 g/mol. The zero-order valence-corrected chi connectivity index (χ0v) is 12.2. The fourth-order valence-electron chi connectivity index (χ4n) is 2.26. The molecule has 0 aliphatic heterocycles. The molecule has 2 rings (SSSR count).